The van der Waals surface area contributed by atoms with Crippen molar-refractivity contribution in [2.24, 2.45) is 11.8 Å². The fourth-order valence-electron chi connectivity index (χ4n) is 5.53. The van der Waals surface area contributed by atoms with Gasteiger partial charge in [0.05, 0.1) is 30.9 Å². The molecule has 228 valence electrons. The lowest BCUT2D eigenvalue weighted by molar-refractivity contribution is -0.00301. The molecule has 2 aliphatic rings. The van der Waals surface area contributed by atoms with E-state index in [1.54, 1.807) is 0 Å². The third-order valence-electron chi connectivity index (χ3n) is 7.70. The number of hydrogen-bond acceptors (Lipinski definition) is 13. The first-order valence-electron chi connectivity index (χ1n) is 12.8. The summed E-state index contributed by atoms with van der Waals surface area (Å²) < 4.78 is 32.7. The zero-order valence-corrected chi connectivity index (χ0v) is 23.5. The van der Waals surface area contributed by atoms with E-state index in [0.29, 0.717) is 0 Å². The van der Waals surface area contributed by atoms with E-state index in [1.807, 2.05) is 0 Å². The van der Waals surface area contributed by atoms with Gasteiger partial charge in [0.25, 0.3) is 0 Å². The molecule has 2 aliphatic carbocycles. The van der Waals surface area contributed by atoms with Gasteiger partial charge in [0.2, 0.25) is 7.37 Å². The molecular weight excluding hydrogens is 586 g/mol. The smallest absolute Gasteiger partial charge is 0.349 e. The van der Waals surface area contributed by atoms with Crippen LogP contribution >= 0.6 is 15.0 Å². The maximum Gasteiger partial charge on any atom is 0.349 e. The number of aliphatic hydroxyl groups excluding tert-OH is 4. The largest absolute Gasteiger partial charge is 0.390 e. The predicted octanol–water partition coefficient (Wildman–Crippen LogP) is -1.95. The number of nitrogens with zero attached hydrogens (tertiary/aromatic N) is 4. The molecular formula is C22H34N6O11P2. The van der Waals surface area contributed by atoms with Crippen molar-refractivity contribution in [1.82, 2.24) is 19.1 Å². The van der Waals surface area contributed by atoms with Crippen LogP contribution in [0.1, 0.15) is 31.3 Å². The number of nitrogens with two attached hydrogens (primary N) is 2. The molecule has 41 heavy (non-hydrogen) atoms. The van der Waals surface area contributed by atoms with Gasteiger partial charge in [-0.3, -0.25) is 18.3 Å². The van der Waals surface area contributed by atoms with Gasteiger partial charge in [-0.2, -0.15) is 9.97 Å². The van der Waals surface area contributed by atoms with Crippen LogP contribution in [0.4, 0.5) is 11.6 Å². The zero-order chi connectivity index (χ0) is 30.3. The molecule has 10 atom stereocenters. The van der Waals surface area contributed by atoms with Gasteiger partial charge in [-0.15, -0.1) is 0 Å². The van der Waals surface area contributed by atoms with E-state index in [1.165, 1.54) is 24.5 Å². The monoisotopic (exact) mass is 620 g/mol. The van der Waals surface area contributed by atoms with E-state index in [9.17, 15) is 48.9 Å². The predicted molar refractivity (Wildman–Crippen MR) is 144 cm³/mol. The maximum atomic E-state index is 12.8. The zero-order valence-electron chi connectivity index (χ0n) is 21.7. The highest BCUT2D eigenvalue weighted by Gasteiger charge is 2.46. The lowest BCUT2D eigenvalue weighted by Gasteiger charge is -2.21. The molecule has 0 saturated heterocycles. The first-order chi connectivity index (χ1) is 19.1. The SMILES string of the molecule is Nc1ccn([C@@H]2C[C@@H](CCP(=O)(O)CP(=O)(O)OC[C@@H]3C[C@@H](n4ccc(N)nc4=O)[C@@H](O)[C@H]3O)[C@@H](O)[C@H]2O)c(=O)n1. The molecule has 2 fully saturated rings. The van der Waals surface area contributed by atoms with E-state index in [0.717, 1.165) is 9.13 Å². The number of aromatic nitrogens is 4. The number of aliphatic hydroxyl groups is 4. The Morgan fingerprint density at radius 2 is 1.29 bits per heavy atom. The molecule has 2 aromatic rings. The molecule has 0 aromatic carbocycles. The average molecular weight is 620 g/mol. The summed E-state index contributed by atoms with van der Waals surface area (Å²) in [6, 6.07) is 0.941. The van der Waals surface area contributed by atoms with Gasteiger partial charge in [-0.05, 0) is 37.3 Å². The normalized spacial score (nSPS) is 32.9. The fourth-order valence-corrected chi connectivity index (χ4v) is 9.82. The lowest BCUT2D eigenvalue weighted by Crippen LogP contribution is -2.35. The quantitative estimate of drug-likeness (QED) is 0.134. The second-order valence-corrected chi connectivity index (χ2v) is 15.4. The summed E-state index contributed by atoms with van der Waals surface area (Å²) in [4.78, 5) is 52.1. The molecule has 10 N–H and O–H groups in total. The molecule has 0 spiro atoms. The Kier molecular flexibility index (Phi) is 9.24. The Hall–Kier alpha value is -2.46. The van der Waals surface area contributed by atoms with E-state index < -0.39 is 93.4 Å². The van der Waals surface area contributed by atoms with Crippen molar-refractivity contribution in [3.63, 3.8) is 0 Å². The molecule has 17 nitrogen and oxygen atoms in total. The summed E-state index contributed by atoms with van der Waals surface area (Å²) in [5.41, 5.74) is 9.48. The molecule has 2 heterocycles. The third-order valence-corrected chi connectivity index (χ3v) is 12.4. The highest BCUT2D eigenvalue weighted by atomic mass is 31.2. The first kappa shape index (κ1) is 31.5. The maximum absolute atomic E-state index is 12.8. The van der Waals surface area contributed by atoms with Gasteiger partial charge in [-0.1, -0.05) is 0 Å². The molecule has 2 saturated carbocycles. The van der Waals surface area contributed by atoms with E-state index in [2.05, 4.69) is 9.97 Å². The second kappa shape index (κ2) is 12.0. The number of nitrogen functional groups attached to an aromatic ring is 2. The van der Waals surface area contributed by atoms with Crippen molar-refractivity contribution in [3.05, 3.63) is 45.5 Å². The van der Waals surface area contributed by atoms with Crippen molar-refractivity contribution in [2.45, 2.75) is 55.8 Å². The Morgan fingerprint density at radius 1 is 0.829 bits per heavy atom. The molecule has 2 unspecified atom stereocenters. The van der Waals surface area contributed by atoms with Gasteiger partial charge in [0.15, 0.2) is 0 Å². The highest BCUT2D eigenvalue weighted by Crippen LogP contribution is 2.59. The van der Waals surface area contributed by atoms with Gasteiger partial charge in [0, 0.05) is 24.5 Å². The molecule has 19 heteroatoms. The summed E-state index contributed by atoms with van der Waals surface area (Å²) in [6.07, 6.45) is -3.38. The molecule has 4 rings (SSSR count). The van der Waals surface area contributed by atoms with Crippen LogP contribution in [0.25, 0.3) is 0 Å². The Labute approximate surface area is 233 Å². The topological polar surface area (TPSA) is 287 Å². The lowest BCUT2D eigenvalue weighted by atomic mass is 10.0. The van der Waals surface area contributed by atoms with Gasteiger partial charge >= 0.3 is 19.0 Å². The minimum Gasteiger partial charge on any atom is -0.390 e. The van der Waals surface area contributed by atoms with E-state index >= 15 is 0 Å². The van der Waals surface area contributed by atoms with Crippen LogP contribution in [0.2, 0.25) is 0 Å². The van der Waals surface area contributed by atoms with Crippen molar-refractivity contribution in [3.8, 4) is 0 Å². The van der Waals surface area contributed by atoms with E-state index in [-0.39, 0.29) is 30.9 Å². The van der Waals surface area contributed by atoms with E-state index in [4.69, 9.17) is 16.0 Å². The average Bonchev–Trinajstić information content (AvgIpc) is 3.31. The van der Waals surface area contributed by atoms with Crippen molar-refractivity contribution in [1.29, 1.82) is 0 Å². The summed E-state index contributed by atoms with van der Waals surface area (Å²) in [7, 11) is -8.95. The van der Waals surface area contributed by atoms with Crippen LogP contribution < -0.4 is 22.8 Å². The number of rotatable bonds is 10. The van der Waals surface area contributed by atoms with Crippen molar-refractivity contribution < 1.29 is 43.9 Å². The van der Waals surface area contributed by atoms with Crippen LogP contribution in [0.3, 0.4) is 0 Å². The molecule has 2 aromatic heterocycles. The molecule has 0 amide bonds. The minimum atomic E-state index is -4.66. The summed E-state index contributed by atoms with van der Waals surface area (Å²) in [5, 5.41) is 41.7. The Morgan fingerprint density at radius 3 is 1.78 bits per heavy atom. The van der Waals surface area contributed by atoms with Crippen LogP contribution in [0, 0.1) is 11.8 Å². The summed E-state index contributed by atoms with van der Waals surface area (Å²) >= 11 is 0. The molecule has 0 radical (unpaired) electrons. The number of hydrogen-bond donors (Lipinski definition) is 8. The second-order valence-electron chi connectivity index (χ2n) is 10.6. The molecule has 0 aliphatic heterocycles. The van der Waals surface area contributed by atoms with Gasteiger partial charge in [-0.25, -0.2) is 9.59 Å². The van der Waals surface area contributed by atoms with Crippen LogP contribution in [0.15, 0.2) is 34.1 Å². The van der Waals surface area contributed by atoms with Gasteiger partial charge < -0.3 is 46.2 Å². The number of anilines is 2. The third kappa shape index (κ3) is 7.13. The van der Waals surface area contributed by atoms with Gasteiger partial charge in [0.1, 0.15) is 29.7 Å². The minimum absolute atomic E-state index is 0.0132. The standard InChI is InChI=1S/C22H34N6O11P2/c23-15-1-4-27(21(33)25-15)13-7-11(17(29)19(13)31)3-6-40(35,36)10-41(37,38)39-9-12-8-14(20(32)18(12)30)28-5-2-16(24)26-22(28)34/h1-2,4-5,11-14,17-20,29-32H,3,6-10H2,(H,35,36)(H,37,38)(H2,23,25,33)(H2,24,26,34)/t11-,12+,13-,14-,17-,18+,19+,20-/m1/s1. The van der Waals surface area contributed by atoms with Crippen LogP contribution in [-0.2, 0) is 13.7 Å². The highest BCUT2D eigenvalue weighted by molar-refractivity contribution is 7.73. The Bertz CT molecular complexity index is 1360. The summed E-state index contributed by atoms with van der Waals surface area (Å²) in [6.45, 7) is -0.542. The van der Waals surface area contributed by atoms with Crippen molar-refractivity contribution >= 4 is 26.6 Å². The fraction of sp³-hybridized carbons (Fsp3) is 0.636. The summed E-state index contributed by atoms with van der Waals surface area (Å²) in [5.74, 6) is -2.72. The van der Waals surface area contributed by atoms with Crippen LogP contribution in [0.5, 0.6) is 0 Å². The Balaban J connectivity index is 1.32. The van der Waals surface area contributed by atoms with Crippen LogP contribution in [-0.4, -0.2) is 92.4 Å². The first-order valence-corrected chi connectivity index (χ1v) is 16.6. The van der Waals surface area contributed by atoms with Crippen molar-refractivity contribution in [2.75, 3.05) is 30.1 Å². The molecule has 0 bridgehead atoms.